The molecular formula is C3H2Cl3F3O2. The Balaban J connectivity index is 0. The average Bonchev–Trinajstić information content (AvgIpc) is 1.59. The summed E-state index contributed by atoms with van der Waals surface area (Å²) in [6.07, 6.45) is -5.08. The molecule has 2 nitrogen and oxygen atoms in total. The number of carbonyl (C=O) groups is 1. The maximum absolute atomic E-state index is 10.6. The summed E-state index contributed by atoms with van der Waals surface area (Å²) >= 11 is 14.4. The van der Waals surface area contributed by atoms with Crippen molar-refractivity contribution < 1.29 is 23.1 Å². The van der Waals surface area contributed by atoms with E-state index in [0.29, 0.717) is 0 Å². The molecule has 0 saturated carbocycles. The minimum atomic E-state index is -5.08. The molecule has 0 aromatic carbocycles. The molecule has 68 valence electrons. The maximum Gasteiger partial charge on any atom is 0.490 e. The highest BCUT2D eigenvalue weighted by atomic mass is 35.6. The second-order valence-corrected chi connectivity index (χ2v) is 3.03. The number of hydrogen-bond donors (Lipinski definition) is 1. The fourth-order valence-corrected chi connectivity index (χ4v) is 0. The lowest BCUT2D eigenvalue weighted by molar-refractivity contribution is -0.192. The number of aliphatic carboxylic acids is 1. The maximum atomic E-state index is 10.6. The van der Waals surface area contributed by atoms with E-state index >= 15 is 0 Å². The second kappa shape index (κ2) is 5.74. The molecular weight excluding hydrogens is 231 g/mol. The predicted octanol–water partition coefficient (Wildman–Crippen LogP) is 2.62. The smallest absolute Gasteiger partial charge is 0.475 e. The first-order valence-corrected chi connectivity index (χ1v) is 3.21. The van der Waals surface area contributed by atoms with E-state index in [1.165, 1.54) is 0 Å². The van der Waals surface area contributed by atoms with E-state index in [4.69, 9.17) is 44.7 Å². The molecule has 0 aromatic heterocycles. The number of halogens is 6. The Morgan fingerprint density at radius 2 is 1.36 bits per heavy atom. The largest absolute Gasteiger partial charge is 0.490 e. The van der Waals surface area contributed by atoms with Crippen molar-refractivity contribution in [3.8, 4) is 0 Å². The minimum absolute atomic E-state index is 0.750. The van der Waals surface area contributed by atoms with Crippen LogP contribution in [0.5, 0.6) is 0 Å². The van der Waals surface area contributed by atoms with Gasteiger partial charge >= 0.3 is 12.1 Å². The normalized spacial score (nSPS) is 10.5. The van der Waals surface area contributed by atoms with Crippen LogP contribution in [0, 0.1) is 0 Å². The zero-order valence-corrected chi connectivity index (χ0v) is 6.97. The van der Waals surface area contributed by atoms with Crippen LogP contribution < -0.4 is 0 Å². The van der Waals surface area contributed by atoms with E-state index in [9.17, 15) is 13.2 Å². The highest BCUT2D eigenvalue weighted by molar-refractivity contribution is 6.63. The zero-order valence-electron chi connectivity index (χ0n) is 4.70. The number of rotatable bonds is 0. The standard InChI is InChI=1S/C2HF3O2.CHCl3/c3-2(4,5)1(6)7;2-1(3)4/h(H,6,7);1H. The molecule has 0 saturated heterocycles. The van der Waals surface area contributed by atoms with Crippen LogP contribution in [0.4, 0.5) is 13.2 Å². The first-order chi connectivity index (χ1) is 4.68. The highest BCUT2D eigenvalue weighted by Gasteiger charge is 2.38. The average molecular weight is 233 g/mol. The van der Waals surface area contributed by atoms with E-state index in [2.05, 4.69) is 0 Å². The van der Waals surface area contributed by atoms with Crippen LogP contribution in [0.2, 0.25) is 0 Å². The van der Waals surface area contributed by atoms with Gasteiger partial charge in [0.05, 0.1) is 0 Å². The third-order valence-electron chi connectivity index (χ3n) is 0.243. The van der Waals surface area contributed by atoms with Crippen molar-refractivity contribution in [2.24, 2.45) is 0 Å². The Hall–Kier alpha value is 0.130. The number of alkyl halides is 6. The molecule has 0 amide bonds. The van der Waals surface area contributed by atoms with Gasteiger partial charge < -0.3 is 5.11 Å². The van der Waals surface area contributed by atoms with Gasteiger partial charge in [-0.15, -0.1) is 0 Å². The minimum Gasteiger partial charge on any atom is -0.475 e. The van der Waals surface area contributed by atoms with Crippen molar-refractivity contribution in [2.75, 3.05) is 0 Å². The summed E-state index contributed by atoms with van der Waals surface area (Å²) in [7, 11) is 0. The van der Waals surface area contributed by atoms with Crippen molar-refractivity contribution in [3.05, 3.63) is 0 Å². The van der Waals surface area contributed by atoms with Gasteiger partial charge in [0.15, 0.2) is 4.30 Å². The monoisotopic (exact) mass is 232 g/mol. The van der Waals surface area contributed by atoms with Gasteiger partial charge in [0.2, 0.25) is 0 Å². The van der Waals surface area contributed by atoms with E-state index in [1.807, 2.05) is 0 Å². The molecule has 0 aliphatic heterocycles. The van der Waals surface area contributed by atoms with E-state index < -0.39 is 16.4 Å². The molecule has 11 heavy (non-hydrogen) atoms. The molecule has 0 aromatic rings. The fraction of sp³-hybridized carbons (Fsp3) is 0.667. The van der Waals surface area contributed by atoms with Gasteiger partial charge in [0, 0.05) is 0 Å². The third-order valence-corrected chi connectivity index (χ3v) is 0.243. The lowest BCUT2D eigenvalue weighted by Crippen LogP contribution is -2.21. The molecule has 0 radical (unpaired) electrons. The second-order valence-electron chi connectivity index (χ2n) is 1.05. The number of carboxylic acids is 1. The quantitative estimate of drug-likeness (QED) is 0.653. The van der Waals surface area contributed by atoms with Crippen LogP contribution in [0.1, 0.15) is 0 Å². The van der Waals surface area contributed by atoms with Crippen LogP contribution in [-0.2, 0) is 4.79 Å². The molecule has 0 rings (SSSR count). The van der Waals surface area contributed by atoms with Gasteiger partial charge in [0.25, 0.3) is 0 Å². The van der Waals surface area contributed by atoms with E-state index in [1.54, 1.807) is 0 Å². The highest BCUT2D eigenvalue weighted by Crippen LogP contribution is 2.13. The molecule has 0 fully saturated rings. The summed E-state index contributed by atoms with van der Waals surface area (Å²) in [6.45, 7) is 0. The van der Waals surface area contributed by atoms with Crippen molar-refractivity contribution in [1.82, 2.24) is 0 Å². The zero-order chi connectivity index (χ0) is 9.65. The topological polar surface area (TPSA) is 37.3 Å². The van der Waals surface area contributed by atoms with Crippen LogP contribution in [0.15, 0.2) is 0 Å². The van der Waals surface area contributed by atoms with E-state index in [0.717, 1.165) is 0 Å². The summed E-state index contributed by atoms with van der Waals surface area (Å²) < 4.78 is 31.0. The first kappa shape index (κ1) is 13.7. The molecule has 0 unspecified atom stereocenters. The lowest BCUT2D eigenvalue weighted by atomic mass is 10.7. The molecule has 0 heterocycles. The summed E-state index contributed by atoms with van der Waals surface area (Å²) in [4.78, 5) is 8.90. The Labute approximate surface area is 74.8 Å². The lowest BCUT2D eigenvalue weighted by Gasteiger charge is -1.93. The van der Waals surface area contributed by atoms with Gasteiger partial charge in [-0.05, 0) is 0 Å². The summed E-state index contributed by atoms with van der Waals surface area (Å²) in [6, 6.07) is 0. The Morgan fingerprint density at radius 1 is 1.27 bits per heavy atom. The van der Waals surface area contributed by atoms with E-state index in [-0.39, 0.29) is 0 Å². The Morgan fingerprint density at radius 3 is 1.36 bits per heavy atom. The Bertz CT molecular complexity index is 121. The van der Waals surface area contributed by atoms with Crippen molar-refractivity contribution >= 4 is 40.8 Å². The molecule has 8 heteroatoms. The summed E-state index contributed by atoms with van der Waals surface area (Å²) in [5.74, 6) is -2.76. The number of hydrogen-bond acceptors (Lipinski definition) is 1. The van der Waals surface area contributed by atoms with Crippen molar-refractivity contribution in [3.63, 3.8) is 0 Å². The van der Waals surface area contributed by atoms with Gasteiger partial charge in [-0.1, -0.05) is 34.8 Å². The van der Waals surface area contributed by atoms with Crippen LogP contribution in [-0.4, -0.2) is 21.5 Å². The first-order valence-electron chi connectivity index (χ1n) is 1.90. The van der Waals surface area contributed by atoms with Gasteiger partial charge in [-0.3, -0.25) is 0 Å². The van der Waals surface area contributed by atoms with Crippen LogP contribution >= 0.6 is 34.8 Å². The van der Waals surface area contributed by atoms with Crippen molar-refractivity contribution in [1.29, 1.82) is 0 Å². The van der Waals surface area contributed by atoms with Gasteiger partial charge in [-0.2, -0.15) is 13.2 Å². The fourth-order valence-electron chi connectivity index (χ4n) is 0. The summed E-state index contributed by atoms with van der Waals surface area (Å²) in [5, 5.41) is 7.12. The molecule has 0 aliphatic carbocycles. The van der Waals surface area contributed by atoms with Gasteiger partial charge in [0.1, 0.15) is 0 Å². The van der Waals surface area contributed by atoms with Gasteiger partial charge in [-0.25, -0.2) is 4.79 Å². The SMILES string of the molecule is ClC(Cl)Cl.O=C(O)C(F)(F)F. The third kappa shape index (κ3) is 17.8. The molecule has 0 spiro atoms. The van der Waals surface area contributed by atoms with Crippen molar-refractivity contribution in [2.45, 2.75) is 10.5 Å². The van der Waals surface area contributed by atoms with Crippen LogP contribution in [0.25, 0.3) is 0 Å². The van der Waals surface area contributed by atoms with Crippen LogP contribution in [0.3, 0.4) is 0 Å². The summed E-state index contributed by atoms with van der Waals surface area (Å²) in [5.41, 5.74) is 0. The molecule has 0 atom stereocenters. The predicted molar refractivity (Wildman–Crippen MR) is 35.0 cm³/mol. The molecule has 0 aliphatic rings. The molecule has 0 bridgehead atoms. The number of carboxylic acid groups (broad SMARTS) is 1. The molecule has 1 N–H and O–H groups in total. The Kier molecular flexibility index (Phi) is 7.15.